The van der Waals surface area contributed by atoms with E-state index in [1.807, 2.05) is 30.9 Å². The number of furan rings is 1. The molecule has 1 aliphatic heterocycles. The second-order valence-electron chi connectivity index (χ2n) is 7.27. The number of carbonyl (C=O) groups excluding carboxylic acids is 1. The molecule has 134 valence electrons. The molecule has 3 heterocycles. The summed E-state index contributed by atoms with van der Waals surface area (Å²) < 4.78 is 10.7. The van der Waals surface area contributed by atoms with Crippen molar-refractivity contribution in [1.82, 2.24) is 19.9 Å². The van der Waals surface area contributed by atoms with Crippen molar-refractivity contribution in [3.8, 4) is 0 Å². The van der Waals surface area contributed by atoms with Gasteiger partial charge in [-0.05, 0) is 18.6 Å². The van der Waals surface area contributed by atoms with E-state index in [2.05, 4.69) is 15.0 Å². The Balaban J connectivity index is 1.26. The normalized spacial score (nSPS) is 24.0. The summed E-state index contributed by atoms with van der Waals surface area (Å²) in [7, 11) is 0. The molecule has 1 saturated heterocycles. The molecule has 0 spiro atoms. The van der Waals surface area contributed by atoms with E-state index in [9.17, 15) is 4.79 Å². The van der Waals surface area contributed by atoms with Crippen LogP contribution in [0.3, 0.4) is 0 Å². The highest BCUT2D eigenvalue weighted by Crippen LogP contribution is 2.48. The summed E-state index contributed by atoms with van der Waals surface area (Å²) in [5.41, 5.74) is 0. The number of aromatic nitrogens is 2. The molecule has 0 bridgehead atoms. The number of piperazine rings is 1. The van der Waals surface area contributed by atoms with Gasteiger partial charge in [0.2, 0.25) is 11.8 Å². The van der Waals surface area contributed by atoms with E-state index in [1.54, 1.807) is 6.26 Å². The van der Waals surface area contributed by atoms with Crippen molar-refractivity contribution in [2.24, 2.45) is 5.92 Å². The Kier molecular flexibility index (Phi) is 4.33. The van der Waals surface area contributed by atoms with E-state index in [-0.39, 0.29) is 23.7 Å². The Morgan fingerprint density at radius 3 is 2.76 bits per heavy atom. The Hall–Kier alpha value is -2.15. The lowest BCUT2D eigenvalue weighted by molar-refractivity contribution is -0.134. The summed E-state index contributed by atoms with van der Waals surface area (Å²) in [5, 5.41) is 4.00. The third-order valence-corrected chi connectivity index (χ3v) is 5.06. The van der Waals surface area contributed by atoms with Crippen LogP contribution in [-0.4, -0.2) is 52.0 Å². The van der Waals surface area contributed by atoms with Gasteiger partial charge in [0.15, 0.2) is 5.82 Å². The number of hydrogen-bond acceptors (Lipinski definition) is 6. The zero-order valence-electron chi connectivity index (χ0n) is 14.7. The first-order valence-electron chi connectivity index (χ1n) is 8.99. The van der Waals surface area contributed by atoms with Crippen molar-refractivity contribution in [1.29, 1.82) is 0 Å². The summed E-state index contributed by atoms with van der Waals surface area (Å²) in [6, 6.07) is 3.85. The first-order valence-corrected chi connectivity index (χ1v) is 8.99. The number of amides is 1. The van der Waals surface area contributed by atoms with Crippen molar-refractivity contribution >= 4 is 5.91 Å². The van der Waals surface area contributed by atoms with Gasteiger partial charge in [-0.1, -0.05) is 19.0 Å². The van der Waals surface area contributed by atoms with Crippen LogP contribution in [0, 0.1) is 5.92 Å². The predicted octanol–water partition coefficient (Wildman–Crippen LogP) is 2.23. The van der Waals surface area contributed by atoms with E-state index in [4.69, 9.17) is 8.94 Å². The van der Waals surface area contributed by atoms with Gasteiger partial charge in [-0.2, -0.15) is 4.98 Å². The maximum atomic E-state index is 12.6. The van der Waals surface area contributed by atoms with Gasteiger partial charge in [-0.15, -0.1) is 0 Å². The number of nitrogens with zero attached hydrogens (tertiary/aromatic N) is 4. The summed E-state index contributed by atoms with van der Waals surface area (Å²) in [4.78, 5) is 21.3. The average Bonchev–Trinajstić information content (AvgIpc) is 3.00. The maximum Gasteiger partial charge on any atom is 0.240 e. The fourth-order valence-corrected chi connectivity index (χ4v) is 3.40. The summed E-state index contributed by atoms with van der Waals surface area (Å²) in [6.07, 6.45) is 2.59. The van der Waals surface area contributed by atoms with Crippen LogP contribution in [0.15, 0.2) is 27.3 Å². The van der Waals surface area contributed by atoms with E-state index >= 15 is 0 Å². The van der Waals surface area contributed by atoms with Crippen LogP contribution in [0.2, 0.25) is 0 Å². The highest BCUT2D eigenvalue weighted by atomic mass is 16.5. The highest BCUT2D eigenvalue weighted by molar-refractivity contribution is 5.83. The molecular formula is C18H24N4O3. The first kappa shape index (κ1) is 16.3. The van der Waals surface area contributed by atoms with Crippen LogP contribution in [0.4, 0.5) is 0 Å². The molecule has 25 heavy (non-hydrogen) atoms. The molecule has 0 aromatic carbocycles. The van der Waals surface area contributed by atoms with Crippen LogP contribution < -0.4 is 0 Å². The zero-order valence-corrected chi connectivity index (χ0v) is 14.7. The minimum absolute atomic E-state index is 0.0993. The molecule has 0 unspecified atom stereocenters. The van der Waals surface area contributed by atoms with Crippen molar-refractivity contribution in [3.63, 3.8) is 0 Å². The molecule has 4 rings (SSSR count). The monoisotopic (exact) mass is 344 g/mol. The molecule has 1 saturated carbocycles. The Morgan fingerprint density at radius 2 is 2.12 bits per heavy atom. The molecule has 2 aliphatic rings. The molecule has 1 amide bonds. The second-order valence-corrected chi connectivity index (χ2v) is 7.27. The van der Waals surface area contributed by atoms with Crippen molar-refractivity contribution in [3.05, 3.63) is 35.9 Å². The van der Waals surface area contributed by atoms with Gasteiger partial charge in [0.1, 0.15) is 5.76 Å². The van der Waals surface area contributed by atoms with Gasteiger partial charge in [0.25, 0.3) is 0 Å². The molecule has 0 N–H and O–H groups in total. The molecule has 0 radical (unpaired) electrons. The maximum absolute atomic E-state index is 12.6. The highest BCUT2D eigenvalue weighted by Gasteiger charge is 2.47. The Morgan fingerprint density at radius 1 is 1.32 bits per heavy atom. The number of carbonyl (C=O) groups is 1. The predicted molar refractivity (Wildman–Crippen MR) is 89.8 cm³/mol. The van der Waals surface area contributed by atoms with Crippen LogP contribution in [0.5, 0.6) is 0 Å². The smallest absolute Gasteiger partial charge is 0.240 e. The molecule has 2 aromatic heterocycles. The van der Waals surface area contributed by atoms with Crippen LogP contribution in [-0.2, 0) is 11.3 Å². The topological polar surface area (TPSA) is 75.6 Å². The standard InChI is InChI=1S/C18H24N4O3/c1-12(2)17-19-16(25-20-17)11-21-5-7-22(8-6-21)18(23)14-10-13(14)15-4-3-9-24-15/h3-4,9,12-14H,5-8,10-11H2,1-2H3/t13-,14-/m1/s1. The van der Waals surface area contributed by atoms with E-state index in [0.717, 1.165) is 44.2 Å². The first-order chi connectivity index (χ1) is 12.1. The van der Waals surface area contributed by atoms with Gasteiger partial charge in [0, 0.05) is 43.9 Å². The lowest BCUT2D eigenvalue weighted by Gasteiger charge is -2.34. The fraction of sp³-hybridized carbons (Fsp3) is 0.611. The van der Waals surface area contributed by atoms with Gasteiger partial charge in [-0.3, -0.25) is 9.69 Å². The number of rotatable bonds is 5. The minimum Gasteiger partial charge on any atom is -0.469 e. The molecule has 1 aliphatic carbocycles. The van der Waals surface area contributed by atoms with Crippen molar-refractivity contribution < 1.29 is 13.7 Å². The summed E-state index contributed by atoms with van der Waals surface area (Å²) in [6.45, 7) is 7.93. The molecule has 2 atom stereocenters. The van der Waals surface area contributed by atoms with Crippen LogP contribution >= 0.6 is 0 Å². The van der Waals surface area contributed by atoms with Gasteiger partial charge < -0.3 is 13.8 Å². The second kappa shape index (κ2) is 6.63. The van der Waals surface area contributed by atoms with Crippen LogP contribution in [0.25, 0.3) is 0 Å². The third kappa shape index (κ3) is 3.46. The zero-order chi connectivity index (χ0) is 17.4. The number of hydrogen-bond donors (Lipinski definition) is 0. The summed E-state index contributed by atoms with van der Waals surface area (Å²) >= 11 is 0. The van der Waals surface area contributed by atoms with Crippen LogP contribution in [0.1, 0.15) is 49.6 Å². The SMILES string of the molecule is CC(C)c1noc(CN2CCN(C(=O)[C@@H]3C[C@H]3c3ccco3)CC2)n1. The van der Waals surface area contributed by atoms with E-state index in [1.165, 1.54) is 0 Å². The van der Waals surface area contributed by atoms with Gasteiger partial charge in [-0.25, -0.2) is 0 Å². The minimum atomic E-state index is 0.0993. The van der Waals surface area contributed by atoms with E-state index in [0.29, 0.717) is 12.4 Å². The lowest BCUT2D eigenvalue weighted by Crippen LogP contribution is -2.48. The molecule has 2 fully saturated rings. The third-order valence-electron chi connectivity index (χ3n) is 5.06. The van der Waals surface area contributed by atoms with Crippen molar-refractivity contribution in [2.75, 3.05) is 26.2 Å². The molecule has 7 heteroatoms. The quantitative estimate of drug-likeness (QED) is 0.828. The Bertz CT molecular complexity index is 717. The lowest BCUT2D eigenvalue weighted by atomic mass is 10.2. The molecular weight excluding hydrogens is 320 g/mol. The summed E-state index contributed by atoms with van der Waals surface area (Å²) in [5.74, 6) is 3.25. The fourth-order valence-electron chi connectivity index (χ4n) is 3.40. The van der Waals surface area contributed by atoms with E-state index < -0.39 is 0 Å². The molecule has 7 nitrogen and oxygen atoms in total. The van der Waals surface area contributed by atoms with Gasteiger partial charge >= 0.3 is 0 Å². The van der Waals surface area contributed by atoms with Gasteiger partial charge in [0.05, 0.1) is 12.8 Å². The van der Waals surface area contributed by atoms with Crippen molar-refractivity contribution in [2.45, 2.75) is 38.6 Å². The molecule has 2 aromatic rings. The average molecular weight is 344 g/mol. The Labute approximate surface area is 147 Å². The largest absolute Gasteiger partial charge is 0.469 e.